The molecule has 0 saturated carbocycles. The predicted octanol–water partition coefficient (Wildman–Crippen LogP) is 2.68. The zero-order valence-electron chi connectivity index (χ0n) is 14.6. The molecule has 1 aliphatic heterocycles. The van der Waals surface area contributed by atoms with Gasteiger partial charge in [0.15, 0.2) is 0 Å². The normalized spacial score (nSPS) is 19.5. The Morgan fingerprint density at radius 1 is 1.31 bits per heavy atom. The first-order valence-corrected chi connectivity index (χ1v) is 8.69. The Morgan fingerprint density at radius 2 is 2.03 bits per heavy atom. The van der Waals surface area contributed by atoms with Crippen molar-refractivity contribution in [3.05, 3.63) is 58.6 Å². The van der Waals surface area contributed by atoms with Crippen LogP contribution in [0.15, 0.2) is 36.5 Å². The third-order valence-corrected chi connectivity index (χ3v) is 4.62. The lowest BCUT2D eigenvalue weighted by atomic mass is 10.0. The lowest BCUT2D eigenvalue weighted by Gasteiger charge is -2.22. The van der Waals surface area contributed by atoms with Crippen LogP contribution in [0.1, 0.15) is 17.7 Å². The van der Waals surface area contributed by atoms with Crippen LogP contribution in [0, 0.1) is 5.82 Å². The number of nitrogens with one attached hydrogen (secondary N) is 1. The standard InChI is InChI=1S/C18H14ClF4N3O3/c19-11-5-10(6-12(20)7-11)8-25-15(27)17(29)3-4-26(16(17)28)13-1-2-14(24-9-13)18(21,22)23/h1-2,5-7,9,29H,3-4,8H2,(H,25,27)/t17-/m0/s1. The zero-order valence-corrected chi connectivity index (χ0v) is 15.4. The van der Waals surface area contributed by atoms with Crippen molar-refractivity contribution in [2.24, 2.45) is 0 Å². The summed E-state index contributed by atoms with van der Waals surface area (Å²) >= 11 is 5.73. The van der Waals surface area contributed by atoms with E-state index in [1.807, 2.05) is 0 Å². The number of carbonyl (C=O) groups excluding carboxylic acids is 2. The smallest absolute Gasteiger partial charge is 0.372 e. The van der Waals surface area contributed by atoms with E-state index in [-0.39, 0.29) is 30.2 Å². The van der Waals surface area contributed by atoms with E-state index < -0.39 is 35.1 Å². The van der Waals surface area contributed by atoms with Gasteiger partial charge >= 0.3 is 6.18 Å². The van der Waals surface area contributed by atoms with Crippen molar-refractivity contribution in [3.63, 3.8) is 0 Å². The molecule has 0 bridgehead atoms. The summed E-state index contributed by atoms with van der Waals surface area (Å²) in [6, 6.07) is 5.36. The Hall–Kier alpha value is -2.72. The number of alkyl halides is 3. The number of amides is 2. The summed E-state index contributed by atoms with van der Waals surface area (Å²) in [5.74, 6) is -2.61. The van der Waals surface area contributed by atoms with Gasteiger partial charge in [0.05, 0.1) is 11.9 Å². The molecule has 0 spiro atoms. The highest BCUT2D eigenvalue weighted by Gasteiger charge is 2.51. The molecule has 6 nitrogen and oxygen atoms in total. The van der Waals surface area contributed by atoms with Crippen LogP contribution in [0.5, 0.6) is 0 Å². The van der Waals surface area contributed by atoms with Gasteiger partial charge in [-0.05, 0) is 35.9 Å². The molecule has 0 radical (unpaired) electrons. The molecule has 154 valence electrons. The van der Waals surface area contributed by atoms with E-state index in [0.717, 1.165) is 29.3 Å². The fourth-order valence-corrected chi connectivity index (χ4v) is 3.16. The summed E-state index contributed by atoms with van der Waals surface area (Å²) < 4.78 is 51.2. The molecular formula is C18H14ClF4N3O3. The van der Waals surface area contributed by atoms with Crippen LogP contribution in [0.4, 0.5) is 23.2 Å². The van der Waals surface area contributed by atoms with Gasteiger partial charge in [-0.3, -0.25) is 9.59 Å². The number of carbonyl (C=O) groups is 2. The van der Waals surface area contributed by atoms with Crippen molar-refractivity contribution in [1.29, 1.82) is 0 Å². The maximum absolute atomic E-state index is 13.3. The summed E-state index contributed by atoms with van der Waals surface area (Å²) in [7, 11) is 0. The number of halogens is 5. The molecule has 11 heteroatoms. The topological polar surface area (TPSA) is 82.5 Å². The summed E-state index contributed by atoms with van der Waals surface area (Å²) in [5, 5.41) is 13.0. The van der Waals surface area contributed by atoms with Crippen LogP contribution in [0.2, 0.25) is 5.02 Å². The van der Waals surface area contributed by atoms with E-state index in [4.69, 9.17) is 11.6 Å². The van der Waals surface area contributed by atoms with Crippen molar-refractivity contribution < 1.29 is 32.3 Å². The number of pyridine rings is 1. The highest BCUT2D eigenvalue weighted by molar-refractivity contribution is 6.30. The van der Waals surface area contributed by atoms with Gasteiger partial charge in [-0.2, -0.15) is 13.2 Å². The maximum atomic E-state index is 13.3. The van der Waals surface area contributed by atoms with Crippen molar-refractivity contribution in [1.82, 2.24) is 10.3 Å². The van der Waals surface area contributed by atoms with Crippen molar-refractivity contribution in [2.75, 3.05) is 11.4 Å². The maximum Gasteiger partial charge on any atom is 0.433 e. The summed E-state index contributed by atoms with van der Waals surface area (Å²) in [5.41, 5.74) is -3.20. The van der Waals surface area contributed by atoms with E-state index in [2.05, 4.69) is 10.3 Å². The van der Waals surface area contributed by atoms with Crippen LogP contribution in [-0.2, 0) is 22.3 Å². The predicted molar refractivity (Wildman–Crippen MR) is 94.4 cm³/mol. The number of anilines is 1. The van der Waals surface area contributed by atoms with Gasteiger partial charge in [0.1, 0.15) is 11.5 Å². The number of nitrogens with zero attached hydrogens (tertiary/aromatic N) is 2. The molecular weight excluding hydrogens is 418 g/mol. The molecule has 29 heavy (non-hydrogen) atoms. The summed E-state index contributed by atoms with van der Waals surface area (Å²) in [6.07, 6.45) is -4.06. The number of aliphatic hydroxyl groups is 1. The summed E-state index contributed by atoms with van der Waals surface area (Å²) in [4.78, 5) is 29.2. The number of aromatic nitrogens is 1. The number of hydrogen-bond donors (Lipinski definition) is 2. The monoisotopic (exact) mass is 431 g/mol. The molecule has 1 aromatic heterocycles. The Bertz CT molecular complexity index is 932. The lowest BCUT2D eigenvalue weighted by Crippen LogP contribution is -2.52. The van der Waals surface area contributed by atoms with Crippen LogP contribution >= 0.6 is 11.6 Å². The Labute approximate surface area is 167 Å². The third-order valence-electron chi connectivity index (χ3n) is 4.40. The molecule has 0 unspecified atom stereocenters. The molecule has 2 aromatic rings. The first-order valence-electron chi connectivity index (χ1n) is 8.31. The second-order valence-corrected chi connectivity index (χ2v) is 6.86. The quantitative estimate of drug-likeness (QED) is 0.576. The fraction of sp³-hybridized carbons (Fsp3) is 0.278. The van der Waals surface area contributed by atoms with Gasteiger partial charge in [-0.25, -0.2) is 9.37 Å². The largest absolute Gasteiger partial charge is 0.433 e. The molecule has 1 aliphatic rings. The van der Waals surface area contributed by atoms with Gasteiger partial charge in [0.25, 0.3) is 11.8 Å². The number of rotatable bonds is 4. The fourth-order valence-electron chi connectivity index (χ4n) is 2.92. The van der Waals surface area contributed by atoms with Crippen LogP contribution in [-0.4, -0.2) is 34.1 Å². The van der Waals surface area contributed by atoms with Crippen LogP contribution < -0.4 is 10.2 Å². The first-order chi connectivity index (χ1) is 13.5. The third kappa shape index (κ3) is 4.33. The van der Waals surface area contributed by atoms with E-state index in [1.165, 1.54) is 6.07 Å². The van der Waals surface area contributed by atoms with Crippen molar-refractivity contribution >= 4 is 29.1 Å². The van der Waals surface area contributed by atoms with E-state index in [1.54, 1.807) is 0 Å². The highest BCUT2D eigenvalue weighted by atomic mass is 35.5. The van der Waals surface area contributed by atoms with Gasteiger partial charge in [0.2, 0.25) is 5.60 Å². The minimum absolute atomic E-state index is 0.0173. The average molecular weight is 432 g/mol. The molecule has 0 aliphatic carbocycles. The van der Waals surface area contributed by atoms with Crippen molar-refractivity contribution in [3.8, 4) is 0 Å². The molecule has 1 aromatic carbocycles. The van der Waals surface area contributed by atoms with Gasteiger partial charge < -0.3 is 15.3 Å². The van der Waals surface area contributed by atoms with E-state index in [9.17, 15) is 32.3 Å². The van der Waals surface area contributed by atoms with Crippen LogP contribution in [0.3, 0.4) is 0 Å². The minimum atomic E-state index is -4.63. The SMILES string of the molecule is O=C(NCc1cc(F)cc(Cl)c1)[C@@]1(O)CCN(c2ccc(C(F)(F)F)nc2)C1=O. The molecule has 1 saturated heterocycles. The molecule has 2 amide bonds. The second-order valence-electron chi connectivity index (χ2n) is 6.43. The van der Waals surface area contributed by atoms with E-state index >= 15 is 0 Å². The number of hydrogen-bond acceptors (Lipinski definition) is 4. The Balaban J connectivity index is 1.70. The molecule has 2 heterocycles. The first kappa shape index (κ1) is 21.0. The van der Waals surface area contributed by atoms with Crippen molar-refractivity contribution in [2.45, 2.75) is 24.7 Å². The van der Waals surface area contributed by atoms with Gasteiger partial charge in [-0.15, -0.1) is 0 Å². The average Bonchev–Trinajstić information content (AvgIpc) is 2.94. The molecule has 1 fully saturated rings. The highest BCUT2D eigenvalue weighted by Crippen LogP contribution is 2.31. The molecule has 1 atom stereocenters. The summed E-state index contributed by atoms with van der Waals surface area (Å²) in [6.45, 7) is -0.282. The molecule has 2 N–H and O–H groups in total. The van der Waals surface area contributed by atoms with Crippen LogP contribution in [0.25, 0.3) is 0 Å². The molecule has 3 rings (SSSR count). The Kier molecular flexibility index (Phi) is 5.50. The van der Waals surface area contributed by atoms with E-state index in [0.29, 0.717) is 11.6 Å². The Morgan fingerprint density at radius 3 is 2.62 bits per heavy atom. The minimum Gasteiger partial charge on any atom is -0.372 e. The number of benzene rings is 1. The zero-order chi connectivity index (χ0) is 21.4. The lowest BCUT2D eigenvalue weighted by molar-refractivity contribution is -0.149. The second kappa shape index (κ2) is 7.60. The van der Waals surface area contributed by atoms with Gasteiger partial charge in [0, 0.05) is 24.5 Å². The van der Waals surface area contributed by atoms with Gasteiger partial charge in [-0.1, -0.05) is 11.6 Å².